The molecule has 0 saturated heterocycles. The highest BCUT2D eigenvalue weighted by molar-refractivity contribution is 6.23. The van der Waals surface area contributed by atoms with Crippen molar-refractivity contribution in [1.29, 1.82) is 0 Å². The number of aliphatic hydroxyl groups excluding tert-OH is 1. The zero-order valence-electron chi connectivity index (χ0n) is 45.2. The summed E-state index contributed by atoms with van der Waals surface area (Å²) in [7, 11) is 3.27. The summed E-state index contributed by atoms with van der Waals surface area (Å²) in [6.45, 7) is 18.0. The van der Waals surface area contributed by atoms with Gasteiger partial charge in [0.15, 0.2) is 0 Å². The molecule has 4 amide bonds. The molecule has 408 valence electrons. The van der Waals surface area contributed by atoms with Crippen LogP contribution in [0.2, 0.25) is 0 Å². The largest absolute Gasteiger partial charge is 0.460 e. The van der Waals surface area contributed by atoms with Gasteiger partial charge in [0, 0.05) is 79.4 Å². The van der Waals surface area contributed by atoms with Gasteiger partial charge in [0.2, 0.25) is 5.91 Å². The van der Waals surface area contributed by atoms with Crippen LogP contribution >= 0.6 is 0 Å². The number of amides is 4. The lowest BCUT2D eigenvalue weighted by Gasteiger charge is -2.27. The summed E-state index contributed by atoms with van der Waals surface area (Å²) in [6.07, 6.45) is 3.55. The van der Waals surface area contributed by atoms with Gasteiger partial charge in [-0.25, -0.2) is 14.6 Å². The Morgan fingerprint density at radius 3 is 2.15 bits per heavy atom. The molecule has 3 aromatic heterocycles. The maximum absolute atomic E-state index is 15.1. The number of aryl methyl sites for hydroxylation is 2. The second-order valence-electron chi connectivity index (χ2n) is 19.6. The van der Waals surface area contributed by atoms with Gasteiger partial charge < -0.3 is 58.4 Å². The fraction of sp³-hybridized carbons (Fsp3) is 0.545. The summed E-state index contributed by atoms with van der Waals surface area (Å²) in [6, 6.07) is 5.80. The van der Waals surface area contributed by atoms with Crippen molar-refractivity contribution < 1.29 is 62.2 Å². The number of carbonyl (C=O) groups excluding carboxylic acids is 5. The first-order valence-corrected chi connectivity index (χ1v) is 25.7. The number of alkyl carbamates (subject to hydrolysis) is 1. The lowest BCUT2D eigenvalue weighted by Crippen LogP contribution is -2.43. The maximum Gasteiger partial charge on any atom is 0.407 e. The number of aliphatic hydroxyl groups is 1. The number of esters is 1. The highest BCUT2D eigenvalue weighted by Crippen LogP contribution is 2.44. The number of rotatable bonds is 26. The molecule has 3 aromatic rings. The summed E-state index contributed by atoms with van der Waals surface area (Å²) < 4.78 is 37.9. The van der Waals surface area contributed by atoms with E-state index in [1.165, 1.54) is 11.0 Å². The molecule has 3 aliphatic rings. The molecule has 0 unspecified atom stereocenters. The normalized spacial score (nSPS) is 15.6. The number of imide groups is 1. The Morgan fingerprint density at radius 1 is 0.827 bits per heavy atom. The number of aromatic amines is 2. The molecule has 0 spiro atoms. The first kappa shape index (κ1) is 58.0. The second-order valence-corrected chi connectivity index (χ2v) is 19.6. The van der Waals surface area contributed by atoms with Gasteiger partial charge in [-0.15, -0.1) is 0 Å². The summed E-state index contributed by atoms with van der Waals surface area (Å²) in [5.41, 5.74) is 8.75. The van der Waals surface area contributed by atoms with Gasteiger partial charge in [0.1, 0.15) is 12.2 Å². The number of fused-ring (bicyclic) bond motifs is 8. The van der Waals surface area contributed by atoms with Crippen LogP contribution in [0.4, 0.5) is 4.79 Å². The fourth-order valence-corrected chi connectivity index (χ4v) is 9.20. The number of nitrogens with zero attached hydrogens (tertiary/aromatic N) is 4. The van der Waals surface area contributed by atoms with Gasteiger partial charge in [-0.3, -0.25) is 24.3 Å². The minimum absolute atomic E-state index is 0.0329. The Morgan fingerprint density at radius 2 is 1.47 bits per heavy atom. The van der Waals surface area contributed by atoms with Gasteiger partial charge in [-0.1, -0.05) is 13.8 Å². The zero-order valence-corrected chi connectivity index (χ0v) is 45.2. The second kappa shape index (κ2) is 27.0. The molecule has 75 heavy (non-hydrogen) atoms. The topological polar surface area (TPSA) is 246 Å². The minimum Gasteiger partial charge on any atom is -0.460 e. The standard InChI is InChI=1S/C55H75N7O13/c1-11-37-33(2)41-31-45-38(13-15-47(65)74-29-28-73-27-26-72-23-22-69-10)34(3)40(58-45)30-42-35(4)39(12-14-46(64)61(9)17-16-56-54(68)75-55(6,7)8)50(59-42)49-51-48(36(5)43(60-51)32-44(37)57-41)52(66)62(53(49)67)18-20-70-24-25-71-21-19-63/h13,15,30-32,35,39,58,60,63H,11-12,14,16-29H2,1-10H3,(H,56,68)/b15-13+,40-30?,41-31?,42-30?,43-32?,44-32?,45-31?,50-49?/t35-,39-/m0/s1. The van der Waals surface area contributed by atoms with E-state index in [0.29, 0.717) is 95.2 Å². The first-order chi connectivity index (χ1) is 35.9. The molecule has 0 aromatic carbocycles. The number of nitrogens with one attached hydrogen (secondary N) is 3. The van der Waals surface area contributed by atoms with E-state index < -0.39 is 35.4 Å². The van der Waals surface area contributed by atoms with Crippen LogP contribution in [0.1, 0.15) is 133 Å². The molecule has 0 saturated carbocycles. The highest BCUT2D eigenvalue weighted by atomic mass is 16.6. The first-order valence-electron chi connectivity index (χ1n) is 25.7. The van der Waals surface area contributed by atoms with E-state index in [-0.39, 0.29) is 89.7 Å². The van der Waals surface area contributed by atoms with E-state index in [9.17, 15) is 19.2 Å². The third-order valence-corrected chi connectivity index (χ3v) is 13.3. The summed E-state index contributed by atoms with van der Waals surface area (Å²) in [4.78, 5) is 89.3. The van der Waals surface area contributed by atoms with E-state index >= 15 is 4.79 Å². The molecule has 0 aliphatic carbocycles. The van der Waals surface area contributed by atoms with Crippen molar-refractivity contribution in [3.63, 3.8) is 0 Å². The van der Waals surface area contributed by atoms with Gasteiger partial charge in [0.05, 0.1) is 106 Å². The van der Waals surface area contributed by atoms with Gasteiger partial charge >= 0.3 is 12.1 Å². The molecule has 4 N–H and O–H groups in total. The zero-order chi connectivity index (χ0) is 54.4. The smallest absolute Gasteiger partial charge is 0.407 e. The number of allylic oxidation sites excluding steroid dienone is 2. The molecule has 8 bridgehead atoms. The average molecular weight is 1040 g/mol. The van der Waals surface area contributed by atoms with Crippen molar-refractivity contribution in [2.45, 2.75) is 92.1 Å². The number of hydrogen-bond donors (Lipinski definition) is 4. The predicted molar refractivity (Wildman–Crippen MR) is 283 cm³/mol. The Hall–Kier alpha value is -6.29. The van der Waals surface area contributed by atoms with Crippen LogP contribution in [0.15, 0.2) is 24.3 Å². The van der Waals surface area contributed by atoms with Crippen LogP contribution in [0.5, 0.6) is 0 Å². The number of hydrogen-bond acceptors (Lipinski definition) is 15. The average Bonchev–Trinajstić information content (AvgIpc) is 4.06. The van der Waals surface area contributed by atoms with E-state index in [1.807, 2.05) is 45.9 Å². The van der Waals surface area contributed by atoms with Crippen molar-refractivity contribution in [2.24, 2.45) is 0 Å². The van der Waals surface area contributed by atoms with E-state index in [4.69, 9.17) is 48.2 Å². The van der Waals surface area contributed by atoms with Crippen LogP contribution < -0.4 is 5.32 Å². The van der Waals surface area contributed by atoms with Crippen LogP contribution in [0, 0.1) is 13.8 Å². The van der Waals surface area contributed by atoms with Crippen molar-refractivity contribution in [3.05, 3.63) is 74.9 Å². The van der Waals surface area contributed by atoms with Crippen molar-refractivity contribution in [2.75, 3.05) is 106 Å². The SMILES string of the molecule is CCC1=C(C)c2cc3[nH]c(cc4nc(c5c6[nH]c(cc1n2)c(C)c6C(=O)N(CCOCCOCCO)C5=O)[C@@H](CCC(=O)N(C)CCNC(=O)OC(C)(C)C)[C@@H]4C)c(C)c3/C=C/C(=O)OCCOCCOCCOC. The Labute approximate surface area is 438 Å². The van der Waals surface area contributed by atoms with Gasteiger partial charge in [-0.2, -0.15) is 0 Å². The summed E-state index contributed by atoms with van der Waals surface area (Å²) in [5, 5.41) is 11.8. The number of ether oxygens (including phenoxy) is 7. The van der Waals surface area contributed by atoms with Crippen LogP contribution in [-0.4, -0.2) is 177 Å². The Balaban J connectivity index is 1.44. The maximum atomic E-state index is 15.1. The van der Waals surface area contributed by atoms with Crippen LogP contribution in [0.3, 0.4) is 0 Å². The van der Waals surface area contributed by atoms with Crippen molar-refractivity contribution in [1.82, 2.24) is 35.1 Å². The van der Waals surface area contributed by atoms with E-state index in [2.05, 4.69) is 22.2 Å². The molecule has 3 aliphatic heterocycles. The fourth-order valence-electron chi connectivity index (χ4n) is 9.20. The lowest BCUT2D eigenvalue weighted by atomic mass is 9.84. The number of H-pyrrole nitrogens is 2. The highest BCUT2D eigenvalue weighted by Gasteiger charge is 2.41. The van der Waals surface area contributed by atoms with Gasteiger partial charge in [-0.05, 0) is 101 Å². The molecule has 20 nitrogen and oxygen atoms in total. The molecule has 6 heterocycles. The number of methoxy groups -OCH3 is 1. The van der Waals surface area contributed by atoms with Crippen molar-refractivity contribution >= 4 is 69.1 Å². The van der Waals surface area contributed by atoms with Crippen LogP contribution in [-0.2, 0) is 42.7 Å². The number of aromatic nitrogens is 4. The summed E-state index contributed by atoms with van der Waals surface area (Å²) >= 11 is 0. The summed E-state index contributed by atoms with van der Waals surface area (Å²) in [5.74, 6) is -2.57. The van der Waals surface area contributed by atoms with Crippen molar-refractivity contribution in [3.8, 4) is 0 Å². The lowest BCUT2D eigenvalue weighted by molar-refractivity contribution is -0.139. The number of likely N-dealkylation sites (N-methyl/N-ethyl adjacent to an activating group) is 1. The van der Waals surface area contributed by atoms with Crippen LogP contribution in [0.25, 0.3) is 39.3 Å². The van der Waals surface area contributed by atoms with E-state index in [0.717, 1.165) is 22.3 Å². The monoisotopic (exact) mass is 1040 g/mol. The molecule has 20 heteroatoms. The molecular weight excluding hydrogens is 967 g/mol. The molecule has 0 fully saturated rings. The third kappa shape index (κ3) is 14.8. The van der Waals surface area contributed by atoms with E-state index in [1.54, 1.807) is 45.9 Å². The minimum atomic E-state index is -0.674. The molecule has 6 rings (SSSR count). The van der Waals surface area contributed by atoms with Gasteiger partial charge in [0.25, 0.3) is 11.8 Å². The molecule has 0 radical (unpaired) electrons. The Kier molecular flexibility index (Phi) is 20.8. The Bertz CT molecular complexity index is 2790. The molecule has 2 atom stereocenters. The molecular formula is C55H75N7O13. The predicted octanol–water partition coefficient (Wildman–Crippen LogP) is 6.78. The number of carbonyl (C=O) groups is 5. The quantitative estimate of drug-likeness (QED) is 0.0280. The third-order valence-electron chi connectivity index (χ3n) is 13.3.